The molecular weight excluding hydrogens is 258 g/mol. The lowest BCUT2D eigenvalue weighted by Gasteiger charge is -2.36. The first-order valence-corrected chi connectivity index (χ1v) is 8.36. The average Bonchev–Trinajstić information content (AvgIpc) is 2.77. The lowest BCUT2D eigenvalue weighted by Crippen LogP contribution is -2.31. The van der Waals surface area contributed by atoms with E-state index in [1.54, 1.807) is 0 Å². The number of rotatable bonds is 7. The molecule has 1 aromatic rings. The van der Waals surface area contributed by atoms with Crippen LogP contribution < -0.4 is 0 Å². The molecule has 3 nitrogen and oxygen atoms in total. The summed E-state index contributed by atoms with van der Waals surface area (Å²) in [7, 11) is 0. The highest BCUT2D eigenvalue weighted by Gasteiger charge is 2.35. The van der Waals surface area contributed by atoms with Crippen LogP contribution in [-0.2, 0) is 11.0 Å². The molecule has 0 radical (unpaired) electrons. The van der Waals surface area contributed by atoms with Gasteiger partial charge in [0.25, 0.3) is 0 Å². The third-order valence-electron chi connectivity index (χ3n) is 5.13. The second kappa shape index (κ2) is 6.10. The maximum atomic E-state index is 4.49. The van der Waals surface area contributed by atoms with Crippen LogP contribution in [0.15, 0.2) is 6.20 Å². The Labute approximate surface area is 131 Å². The molecule has 0 saturated heterocycles. The maximum Gasteiger partial charge on any atom is 0.0883 e. The smallest absolute Gasteiger partial charge is 0.0883 e. The van der Waals surface area contributed by atoms with E-state index in [1.807, 2.05) is 0 Å². The molecule has 0 unspecified atom stereocenters. The zero-order valence-corrected chi connectivity index (χ0v) is 15.6. The van der Waals surface area contributed by atoms with Gasteiger partial charge in [0.1, 0.15) is 0 Å². The monoisotopic (exact) mass is 293 g/mol. The quantitative estimate of drug-likeness (QED) is 0.695. The zero-order chi connectivity index (χ0) is 16.5. The van der Waals surface area contributed by atoms with Crippen molar-refractivity contribution in [2.75, 3.05) is 0 Å². The van der Waals surface area contributed by atoms with Crippen LogP contribution in [0.4, 0.5) is 0 Å². The summed E-state index contributed by atoms with van der Waals surface area (Å²) in [4.78, 5) is 0. The van der Waals surface area contributed by atoms with Gasteiger partial charge in [-0.25, -0.2) is 4.68 Å². The molecule has 3 heteroatoms. The molecule has 1 heterocycles. The summed E-state index contributed by atoms with van der Waals surface area (Å²) >= 11 is 0. The summed E-state index contributed by atoms with van der Waals surface area (Å²) in [5.41, 5.74) is 1.50. The Hall–Kier alpha value is -0.860. The van der Waals surface area contributed by atoms with E-state index in [9.17, 15) is 0 Å². The van der Waals surface area contributed by atoms with Crippen LogP contribution in [0.3, 0.4) is 0 Å². The second-order valence-corrected chi connectivity index (χ2v) is 8.81. The minimum Gasteiger partial charge on any atom is -0.247 e. The van der Waals surface area contributed by atoms with Gasteiger partial charge in [0.15, 0.2) is 0 Å². The van der Waals surface area contributed by atoms with Gasteiger partial charge in [-0.1, -0.05) is 60.1 Å². The molecule has 122 valence electrons. The van der Waals surface area contributed by atoms with Crippen molar-refractivity contribution in [2.45, 2.75) is 92.5 Å². The van der Waals surface area contributed by atoms with E-state index in [-0.39, 0.29) is 11.0 Å². The van der Waals surface area contributed by atoms with Gasteiger partial charge in [-0.15, -0.1) is 5.10 Å². The van der Waals surface area contributed by atoms with Crippen LogP contribution in [0.1, 0.15) is 87.3 Å². The summed E-state index contributed by atoms with van der Waals surface area (Å²) in [5, 5.41) is 8.91. The van der Waals surface area contributed by atoms with E-state index >= 15 is 0 Å². The van der Waals surface area contributed by atoms with E-state index in [4.69, 9.17) is 0 Å². The van der Waals surface area contributed by atoms with E-state index in [0.29, 0.717) is 11.3 Å². The molecule has 0 bridgehead atoms. The number of nitrogens with zero attached hydrogens (tertiary/aromatic N) is 3. The normalized spacial score (nSPS) is 14.0. The van der Waals surface area contributed by atoms with Gasteiger partial charge >= 0.3 is 0 Å². The van der Waals surface area contributed by atoms with Gasteiger partial charge < -0.3 is 0 Å². The SMILES string of the molecule is CCCC(C)(C)n1cc(C(C)(C)CC(C)(C)C(C)C)nn1. The summed E-state index contributed by atoms with van der Waals surface area (Å²) in [6.07, 6.45) is 5.55. The summed E-state index contributed by atoms with van der Waals surface area (Å²) in [5.74, 6) is 0.656. The van der Waals surface area contributed by atoms with Gasteiger partial charge in [-0.2, -0.15) is 0 Å². The molecule has 1 rings (SSSR count). The van der Waals surface area contributed by atoms with Gasteiger partial charge in [-0.3, -0.25) is 0 Å². The Bertz CT molecular complexity index is 453. The summed E-state index contributed by atoms with van der Waals surface area (Å²) < 4.78 is 2.05. The van der Waals surface area contributed by atoms with E-state index < -0.39 is 0 Å². The Morgan fingerprint density at radius 1 is 1.10 bits per heavy atom. The molecular formula is C18H35N3. The first kappa shape index (κ1) is 18.2. The Balaban J connectivity index is 2.98. The minimum atomic E-state index is 0.0453. The van der Waals surface area contributed by atoms with Crippen molar-refractivity contribution in [1.29, 1.82) is 0 Å². The highest BCUT2D eigenvalue weighted by atomic mass is 15.4. The average molecular weight is 293 g/mol. The van der Waals surface area contributed by atoms with Crippen molar-refractivity contribution < 1.29 is 0 Å². The first-order chi connectivity index (χ1) is 9.42. The van der Waals surface area contributed by atoms with Crippen molar-refractivity contribution >= 4 is 0 Å². The van der Waals surface area contributed by atoms with Crippen LogP contribution in [0.25, 0.3) is 0 Å². The third kappa shape index (κ3) is 4.31. The fourth-order valence-corrected chi connectivity index (χ4v) is 3.03. The van der Waals surface area contributed by atoms with Crippen LogP contribution in [0, 0.1) is 11.3 Å². The zero-order valence-electron chi connectivity index (χ0n) is 15.6. The van der Waals surface area contributed by atoms with E-state index in [2.05, 4.69) is 83.5 Å². The van der Waals surface area contributed by atoms with Crippen molar-refractivity contribution in [2.24, 2.45) is 11.3 Å². The largest absolute Gasteiger partial charge is 0.247 e. The molecule has 0 amide bonds. The van der Waals surface area contributed by atoms with Gasteiger partial charge in [0, 0.05) is 11.6 Å². The van der Waals surface area contributed by atoms with Crippen molar-refractivity contribution in [3.05, 3.63) is 11.9 Å². The topological polar surface area (TPSA) is 30.7 Å². The van der Waals surface area contributed by atoms with Crippen molar-refractivity contribution in [3.63, 3.8) is 0 Å². The minimum absolute atomic E-state index is 0.0453. The molecule has 0 atom stereocenters. The molecule has 0 aromatic carbocycles. The molecule has 0 saturated carbocycles. The first-order valence-electron chi connectivity index (χ1n) is 8.36. The molecule has 0 aliphatic heterocycles. The number of hydrogen-bond donors (Lipinski definition) is 0. The predicted molar refractivity (Wildman–Crippen MR) is 90.5 cm³/mol. The van der Waals surface area contributed by atoms with Gasteiger partial charge in [0.2, 0.25) is 0 Å². The molecule has 21 heavy (non-hydrogen) atoms. The van der Waals surface area contributed by atoms with E-state index in [1.165, 1.54) is 0 Å². The van der Waals surface area contributed by atoms with Gasteiger partial charge in [0.05, 0.1) is 11.2 Å². The Morgan fingerprint density at radius 2 is 1.67 bits per heavy atom. The van der Waals surface area contributed by atoms with Crippen LogP contribution in [0.2, 0.25) is 0 Å². The Kier molecular flexibility index (Phi) is 5.28. The van der Waals surface area contributed by atoms with Crippen molar-refractivity contribution in [1.82, 2.24) is 15.0 Å². The van der Waals surface area contributed by atoms with Crippen LogP contribution in [0.5, 0.6) is 0 Å². The predicted octanol–water partition coefficient (Wildman–Crippen LogP) is 5.16. The third-order valence-corrected chi connectivity index (χ3v) is 5.13. The van der Waals surface area contributed by atoms with Gasteiger partial charge in [-0.05, 0) is 38.0 Å². The lowest BCUT2D eigenvalue weighted by molar-refractivity contribution is 0.179. The molecule has 0 fully saturated rings. The lowest BCUT2D eigenvalue weighted by atomic mass is 9.68. The summed E-state index contributed by atoms with van der Waals surface area (Å²) in [6.45, 7) is 20.6. The van der Waals surface area contributed by atoms with E-state index in [0.717, 1.165) is 25.0 Å². The highest BCUT2D eigenvalue weighted by molar-refractivity contribution is 5.11. The fraction of sp³-hybridized carbons (Fsp3) is 0.889. The van der Waals surface area contributed by atoms with Crippen LogP contribution >= 0.6 is 0 Å². The molecule has 0 aliphatic carbocycles. The fourth-order valence-electron chi connectivity index (χ4n) is 3.03. The molecule has 0 spiro atoms. The summed E-state index contributed by atoms with van der Waals surface area (Å²) in [6, 6.07) is 0. The molecule has 1 aromatic heterocycles. The Morgan fingerprint density at radius 3 is 2.14 bits per heavy atom. The number of aromatic nitrogens is 3. The van der Waals surface area contributed by atoms with Crippen LogP contribution in [-0.4, -0.2) is 15.0 Å². The molecule has 0 N–H and O–H groups in total. The maximum absolute atomic E-state index is 4.49. The highest BCUT2D eigenvalue weighted by Crippen LogP contribution is 2.40. The molecule has 0 aliphatic rings. The number of hydrogen-bond acceptors (Lipinski definition) is 2. The standard InChI is InChI=1S/C18H35N3/c1-10-11-18(8,9)21-12-15(19-20-21)17(6,7)13-16(4,5)14(2)3/h12,14H,10-11,13H2,1-9H3. The van der Waals surface area contributed by atoms with Crippen molar-refractivity contribution in [3.8, 4) is 0 Å². The second-order valence-electron chi connectivity index (χ2n) is 8.81.